The van der Waals surface area contributed by atoms with Gasteiger partial charge in [-0.05, 0) is 73.5 Å². The quantitative estimate of drug-likeness (QED) is 0.713. The molecule has 0 aromatic carbocycles. The lowest BCUT2D eigenvalue weighted by atomic mass is 9.47. The Bertz CT molecular complexity index is 646. The molecule has 4 fully saturated rings. The van der Waals surface area contributed by atoms with E-state index in [4.69, 9.17) is 9.73 Å². The lowest BCUT2D eigenvalue weighted by molar-refractivity contribution is -0.157. The van der Waals surface area contributed by atoms with Crippen molar-refractivity contribution in [2.75, 3.05) is 20.2 Å². The number of hydrogen-bond donors (Lipinski definition) is 0. The molecular weight excluding hydrogens is 324 g/mol. The van der Waals surface area contributed by atoms with Gasteiger partial charge in [-0.25, -0.2) is 0 Å². The van der Waals surface area contributed by atoms with Crippen LogP contribution in [0.2, 0.25) is 0 Å². The topological polar surface area (TPSA) is 41.9 Å². The predicted octanol–water partition coefficient (Wildman–Crippen LogP) is 3.89. The molecule has 7 unspecified atom stereocenters. The van der Waals surface area contributed by atoms with Gasteiger partial charge in [0.05, 0.1) is 6.54 Å². The second kappa shape index (κ2) is 5.72. The van der Waals surface area contributed by atoms with Crippen LogP contribution < -0.4 is 0 Å². The molecule has 4 nitrogen and oxygen atoms in total. The van der Waals surface area contributed by atoms with Gasteiger partial charge in [0.25, 0.3) is 0 Å². The van der Waals surface area contributed by atoms with Crippen molar-refractivity contribution in [3.05, 3.63) is 0 Å². The number of carbonyl (C=O) groups is 1. The van der Waals surface area contributed by atoms with Crippen LogP contribution in [0.3, 0.4) is 0 Å². The van der Waals surface area contributed by atoms with Gasteiger partial charge in [-0.1, -0.05) is 13.8 Å². The summed E-state index contributed by atoms with van der Waals surface area (Å²) >= 11 is 0. The normalized spacial score (nSPS) is 50.6. The van der Waals surface area contributed by atoms with Crippen LogP contribution in [0.15, 0.2) is 4.99 Å². The highest BCUT2D eigenvalue weighted by Crippen LogP contribution is 2.66. The Kier molecular flexibility index (Phi) is 3.75. The zero-order valence-corrected chi connectivity index (χ0v) is 16.7. The van der Waals surface area contributed by atoms with Crippen molar-refractivity contribution in [3.8, 4) is 0 Å². The number of amides is 1. The Morgan fingerprint density at radius 2 is 1.85 bits per heavy atom. The molecule has 3 aliphatic carbocycles. The first kappa shape index (κ1) is 17.1. The molecule has 0 aromatic rings. The number of nitrogens with zero attached hydrogens (tertiary/aromatic N) is 2. The van der Waals surface area contributed by atoms with Crippen LogP contribution in [0, 0.1) is 34.5 Å². The molecule has 2 aliphatic heterocycles. The monoisotopic (exact) mass is 358 g/mol. The molecule has 2 heterocycles. The van der Waals surface area contributed by atoms with Gasteiger partial charge in [0.1, 0.15) is 6.61 Å². The number of fused-ring (bicyclic) bond motifs is 5. The third-order valence-electron chi connectivity index (χ3n) is 9.46. The molecule has 1 saturated heterocycles. The SMILES string of the molecule is CN1C(=O)CCC2(C)C3CCC4(C)C(C5=NCCO5)CCC4C3CCC12. The van der Waals surface area contributed by atoms with Crippen molar-refractivity contribution < 1.29 is 9.53 Å². The molecule has 7 atom stereocenters. The molecule has 5 aliphatic rings. The molecule has 26 heavy (non-hydrogen) atoms. The maximum absolute atomic E-state index is 12.3. The Balaban J connectivity index is 1.43. The third-order valence-corrected chi connectivity index (χ3v) is 9.46. The molecule has 0 aromatic heterocycles. The molecule has 4 heteroatoms. The predicted molar refractivity (Wildman–Crippen MR) is 102 cm³/mol. The van der Waals surface area contributed by atoms with E-state index in [1.165, 1.54) is 38.5 Å². The van der Waals surface area contributed by atoms with E-state index in [9.17, 15) is 4.79 Å². The van der Waals surface area contributed by atoms with E-state index in [0.717, 1.165) is 49.6 Å². The summed E-state index contributed by atoms with van der Waals surface area (Å²) in [5.74, 6) is 4.44. The third kappa shape index (κ3) is 2.13. The van der Waals surface area contributed by atoms with E-state index in [-0.39, 0.29) is 0 Å². The number of piperidine rings is 1. The molecule has 0 bridgehead atoms. The zero-order chi connectivity index (χ0) is 18.1. The first-order valence-corrected chi connectivity index (χ1v) is 10.9. The number of aliphatic imine (C=N–C) groups is 1. The van der Waals surface area contributed by atoms with E-state index < -0.39 is 0 Å². The van der Waals surface area contributed by atoms with Crippen LogP contribution in [-0.2, 0) is 9.53 Å². The molecule has 0 radical (unpaired) electrons. The second-order valence-electron chi connectivity index (χ2n) is 10.2. The lowest BCUT2D eigenvalue weighted by Crippen LogP contribution is -2.61. The largest absolute Gasteiger partial charge is 0.479 e. The van der Waals surface area contributed by atoms with Crippen molar-refractivity contribution in [2.24, 2.45) is 39.5 Å². The summed E-state index contributed by atoms with van der Waals surface area (Å²) in [6.07, 6.45) is 9.62. The number of likely N-dealkylation sites (tertiary alicyclic amines) is 1. The average Bonchev–Trinajstić information content (AvgIpc) is 3.25. The van der Waals surface area contributed by atoms with E-state index >= 15 is 0 Å². The van der Waals surface area contributed by atoms with Crippen molar-refractivity contribution in [1.82, 2.24) is 4.90 Å². The zero-order valence-electron chi connectivity index (χ0n) is 16.7. The Hall–Kier alpha value is -1.06. The highest BCUT2D eigenvalue weighted by molar-refractivity contribution is 5.81. The van der Waals surface area contributed by atoms with Gasteiger partial charge in [0.15, 0.2) is 5.90 Å². The lowest BCUT2D eigenvalue weighted by Gasteiger charge is -2.61. The van der Waals surface area contributed by atoms with Crippen LogP contribution in [0.25, 0.3) is 0 Å². The van der Waals surface area contributed by atoms with Crippen molar-refractivity contribution in [2.45, 2.75) is 71.3 Å². The Labute approximate surface area is 157 Å². The van der Waals surface area contributed by atoms with Crippen molar-refractivity contribution in [3.63, 3.8) is 0 Å². The first-order chi connectivity index (χ1) is 12.4. The van der Waals surface area contributed by atoms with Gasteiger partial charge in [0, 0.05) is 25.4 Å². The summed E-state index contributed by atoms with van der Waals surface area (Å²) in [6.45, 7) is 6.70. The summed E-state index contributed by atoms with van der Waals surface area (Å²) in [5, 5.41) is 0. The van der Waals surface area contributed by atoms with Gasteiger partial charge in [-0.15, -0.1) is 0 Å². The van der Waals surface area contributed by atoms with Gasteiger partial charge < -0.3 is 9.64 Å². The first-order valence-electron chi connectivity index (χ1n) is 10.9. The number of hydrogen-bond acceptors (Lipinski definition) is 3. The minimum Gasteiger partial charge on any atom is -0.479 e. The molecule has 0 spiro atoms. The fourth-order valence-electron chi connectivity index (χ4n) is 8.12. The summed E-state index contributed by atoms with van der Waals surface area (Å²) < 4.78 is 5.92. The summed E-state index contributed by atoms with van der Waals surface area (Å²) in [6, 6.07) is 0.467. The fourth-order valence-corrected chi connectivity index (χ4v) is 8.12. The Morgan fingerprint density at radius 3 is 2.62 bits per heavy atom. The number of ether oxygens (including phenoxy) is 1. The summed E-state index contributed by atoms with van der Waals surface area (Å²) in [5.41, 5.74) is 0.705. The minimum absolute atomic E-state index is 0.326. The molecule has 3 saturated carbocycles. The maximum Gasteiger partial charge on any atom is 0.222 e. The fraction of sp³-hybridized carbons (Fsp3) is 0.909. The van der Waals surface area contributed by atoms with Gasteiger partial charge in [-0.3, -0.25) is 9.79 Å². The second-order valence-corrected chi connectivity index (χ2v) is 10.2. The van der Waals surface area contributed by atoms with Gasteiger partial charge >= 0.3 is 0 Å². The number of carbonyl (C=O) groups excluding carboxylic acids is 1. The van der Waals surface area contributed by atoms with Gasteiger partial charge in [-0.2, -0.15) is 0 Å². The highest BCUT2D eigenvalue weighted by Gasteiger charge is 2.62. The van der Waals surface area contributed by atoms with Crippen molar-refractivity contribution >= 4 is 11.8 Å². The Morgan fingerprint density at radius 1 is 1.04 bits per heavy atom. The van der Waals surface area contributed by atoms with Gasteiger partial charge in [0.2, 0.25) is 5.91 Å². The van der Waals surface area contributed by atoms with Crippen LogP contribution in [0.5, 0.6) is 0 Å². The summed E-state index contributed by atoms with van der Waals surface area (Å²) in [7, 11) is 2.05. The van der Waals surface area contributed by atoms with E-state index in [0.29, 0.717) is 28.7 Å². The molecular formula is C22H34N2O2. The average molecular weight is 359 g/mol. The van der Waals surface area contributed by atoms with E-state index in [2.05, 4.69) is 25.8 Å². The van der Waals surface area contributed by atoms with E-state index in [1.54, 1.807) is 0 Å². The minimum atomic E-state index is 0.326. The summed E-state index contributed by atoms with van der Waals surface area (Å²) in [4.78, 5) is 19.1. The van der Waals surface area contributed by atoms with Crippen LogP contribution in [-0.4, -0.2) is 42.9 Å². The van der Waals surface area contributed by atoms with Crippen LogP contribution in [0.1, 0.15) is 65.2 Å². The van der Waals surface area contributed by atoms with E-state index in [1.807, 2.05) is 0 Å². The van der Waals surface area contributed by atoms with Crippen LogP contribution in [0.4, 0.5) is 0 Å². The molecule has 5 rings (SSSR count). The molecule has 0 N–H and O–H groups in total. The maximum atomic E-state index is 12.3. The highest BCUT2D eigenvalue weighted by atomic mass is 16.5. The standard InChI is InChI=1S/C22H34N2O2/c1-21-10-8-16-14(15(21)5-6-17(21)20-23-12-13-26-20)4-7-18-22(16,2)11-9-19(25)24(18)3/h14-18H,4-13H2,1-3H3. The van der Waals surface area contributed by atoms with Crippen LogP contribution >= 0.6 is 0 Å². The molecule has 1 amide bonds. The number of rotatable bonds is 1. The molecule has 144 valence electrons. The smallest absolute Gasteiger partial charge is 0.222 e. The van der Waals surface area contributed by atoms with Crippen molar-refractivity contribution in [1.29, 1.82) is 0 Å².